The van der Waals surface area contributed by atoms with E-state index in [0.29, 0.717) is 13.2 Å². The van der Waals surface area contributed by atoms with E-state index in [0.717, 1.165) is 0 Å². The molecule has 2 unspecified atom stereocenters. The van der Waals surface area contributed by atoms with Crippen LogP contribution < -0.4 is 10.5 Å². The summed E-state index contributed by atoms with van der Waals surface area (Å²) in [6.07, 6.45) is 3.22. The van der Waals surface area contributed by atoms with Gasteiger partial charge in [0.25, 0.3) is 5.56 Å². The lowest BCUT2D eigenvalue weighted by Crippen LogP contribution is -2.46. The zero-order valence-electron chi connectivity index (χ0n) is 12.5. The number of carboxylic acids is 1. The fraction of sp³-hybridized carbons (Fsp3) is 0.643. The Morgan fingerprint density at radius 3 is 2.86 bits per heavy atom. The van der Waals surface area contributed by atoms with E-state index in [1.165, 1.54) is 0 Å². The van der Waals surface area contributed by atoms with Crippen molar-refractivity contribution in [2.75, 3.05) is 24.7 Å². The number of carbonyl (C=O) groups is 1. The normalized spacial score (nSPS) is 21.7. The number of hydrogen-bond donors (Lipinski definition) is 1. The number of anilines is 1. The largest absolute Gasteiger partial charge is 0.481 e. The molecular formula is C14H21N3O4. The third kappa shape index (κ3) is 2.92. The highest BCUT2D eigenvalue weighted by molar-refractivity contribution is 5.72. The van der Waals surface area contributed by atoms with Crippen LogP contribution in [0.25, 0.3) is 0 Å². The first-order valence-electron chi connectivity index (χ1n) is 7.11. The Kier molecular flexibility index (Phi) is 4.62. The van der Waals surface area contributed by atoms with E-state index in [9.17, 15) is 14.7 Å². The van der Waals surface area contributed by atoms with Crippen LogP contribution in [0, 0.1) is 5.92 Å². The quantitative estimate of drug-likeness (QED) is 0.863. The molecule has 7 heteroatoms. The van der Waals surface area contributed by atoms with E-state index in [1.54, 1.807) is 21.9 Å². The molecule has 1 aliphatic rings. The van der Waals surface area contributed by atoms with E-state index in [1.807, 2.05) is 20.8 Å². The molecule has 2 rings (SSSR count). The van der Waals surface area contributed by atoms with Gasteiger partial charge in [-0.3, -0.25) is 9.59 Å². The van der Waals surface area contributed by atoms with Gasteiger partial charge in [0.2, 0.25) is 0 Å². The molecule has 21 heavy (non-hydrogen) atoms. The first-order chi connectivity index (χ1) is 9.97. The van der Waals surface area contributed by atoms with Gasteiger partial charge in [0, 0.05) is 25.0 Å². The topological polar surface area (TPSA) is 84.7 Å². The molecule has 1 fully saturated rings. The molecule has 2 heterocycles. The van der Waals surface area contributed by atoms with Crippen LogP contribution in [0.3, 0.4) is 0 Å². The minimum atomic E-state index is -0.906. The molecule has 2 atom stereocenters. The van der Waals surface area contributed by atoms with Crippen molar-refractivity contribution in [1.29, 1.82) is 0 Å². The number of aromatic nitrogens is 2. The Morgan fingerprint density at radius 2 is 2.29 bits per heavy atom. The summed E-state index contributed by atoms with van der Waals surface area (Å²) in [5.74, 6) is -1.26. The minimum absolute atomic E-state index is 0.0213. The lowest BCUT2D eigenvalue weighted by molar-refractivity contribution is -0.141. The number of rotatable bonds is 5. The molecule has 0 spiro atoms. The molecule has 0 aromatic carbocycles. The molecule has 1 N–H and O–H groups in total. The molecule has 0 amide bonds. The summed E-state index contributed by atoms with van der Waals surface area (Å²) in [5.41, 5.74) is -0.203. The average Bonchev–Trinajstić information content (AvgIpc) is 2.90. The van der Waals surface area contributed by atoms with E-state index < -0.39 is 11.9 Å². The van der Waals surface area contributed by atoms with Gasteiger partial charge in [0.15, 0.2) is 5.82 Å². The van der Waals surface area contributed by atoms with E-state index >= 15 is 0 Å². The summed E-state index contributed by atoms with van der Waals surface area (Å²) in [4.78, 5) is 29.7. The van der Waals surface area contributed by atoms with Crippen molar-refractivity contribution < 1.29 is 14.6 Å². The van der Waals surface area contributed by atoms with Crippen LogP contribution in [0.5, 0.6) is 0 Å². The Hall–Kier alpha value is -1.89. The molecule has 0 saturated carbocycles. The molecular weight excluding hydrogens is 274 g/mol. The second-order valence-electron chi connectivity index (χ2n) is 5.39. The summed E-state index contributed by atoms with van der Waals surface area (Å²) in [7, 11) is 0. The Balaban J connectivity index is 2.40. The van der Waals surface area contributed by atoms with Gasteiger partial charge in [-0.15, -0.1) is 0 Å². The number of hydrogen-bond acceptors (Lipinski definition) is 5. The van der Waals surface area contributed by atoms with Gasteiger partial charge in [-0.25, -0.2) is 4.98 Å². The first kappa shape index (κ1) is 15.5. The van der Waals surface area contributed by atoms with E-state index in [-0.39, 0.29) is 30.1 Å². The standard InChI is InChI=1S/C14H21N3O4/c1-4-16(11-8-21-7-10(11)14(19)20)12-13(18)17(9(2)3)6-5-15-12/h5-6,9-11H,4,7-8H2,1-3H3,(H,19,20). The number of ether oxygens (including phenoxy) is 1. The maximum absolute atomic E-state index is 12.5. The van der Waals surface area contributed by atoms with Crippen LogP contribution in [-0.4, -0.2) is 46.4 Å². The summed E-state index contributed by atoms with van der Waals surface area (Å²) in [5, 5.41) is 9.28. The Labute approximate surface area is 123 Å². The monoisotopic (exact) mass is 295 g/mol. The minimum Gasteiger partial charge on any atom is -0.481 e. The second-order valence-corrected chi connectivity index (χ2v) is 5.39. The van der Waals surface area contributed by atoms with Gasteiger partial charge in [-0.1, -0.05) is 0 Å². The average molecular weight is 295 g/mol. The van der Waals surface area contributed by atoms with E-state index in [2.05, 4.69) is 4.98 Å². The van der Waals surface area contributed by atoms with Gasteiger partial charge < -0.3 is 19.3 Å². The molecule has 0 aliphatic carbocycles. The third-order valence-electron chi connectivity index (χ3n) is 3.79. The maximum Gasteiger partial charge on any atom is 0.311 e. The zero-order valence-corrected chi connectivity index (χ0v) is 12.5. The molecule has 1 aromatic heterocycles. The second kappa shape index (κ2) is 6.26. The first-order valence-corrected chi connectivity index (χ1v) is 7.11. The van der Waals surface area contributed by atoms with E-state index in [4.69, 9.17) is 4.74 Å². The highest BCUT2D eigenvalue weighted by Crippen LogP contribution is 2.22. The zero-order chi connectivity index (χ0) is 15.6. The highest BCUT2D eigenvalue weighted by Gasteiger charge is 2.39. The molecule has 1 aliphatic heterocycles. The van der Waals surface area contributed by atoms with Gasteiger partial charge >= 0.3 is 5.97 Å². The lowest BCUT2D eigenvalue weighted by atomic mass is 10.0. The molecule has 0 bridgehead atoms. The van der Waals surface area contributed by atoms with Crippen molar-refractivity contribution in [1.82, 2.24) is 9.55 Å². The molecule has 116 valence electrons. The molecule has 1 aromatic rings. The maximum atomic E-state index is 12.5. The Morgan fingerprint density at radius 1 is 1.57 bits per heavy atom. The predicted molar refractivity (Wildman–Crippen MR) is 77.6 cm³/mol. The number of likely N-dealkylation sites (N-methyl/N-ethyl adjacent to an activating group) is 1. The van der Waals surface area contributed by atoms with Crippen LogP contribution in [-0.2, 0) is 9.53 Å². The van der Waals surface area contributed by atoms with Crippen LogP contribution in [0.1, 0.15) is 26.8 Å². The predicted octanol–water partition coefficient (Wildman–Crippen LogP) is 0.750. The third-order valence-corrected chi connectivity index (χ3v) is 3.79. The van der Waals surface area contributed by atoms with Crippen LogP contribution in [0.2, 0.25) is 0 Å². The fourth-order valence-corrected chi connectivity index (χ4v) is 2.65. The van der Waals surface area contributed by atoms with Crippen molar-refractivity contribution in [3.05, 3.63) is 22.7 Å². The fourth-order valence-electron chi connectivity index (χ4n) is 2.65. The molecule has 0 radical (unpaired) electrons. The van der Waals surface area contributed by atoms with Gasteiger partial charge in [0.05, 0.1) is 19.3 Å². The smallest absolute Gasteiger partial charge is 0.311 e. The van der Waals surface area contributed by atoms with Gasteiger partial charge in [-0.2, -0.15) is 0 Å². The number of nitrogens with zero attached hydrogens (tertiary/aromatic N) is 3. The van der Waals surface area contributed by atoms with Crippen molar-refractivity contribution in [3.8, 4) is 0 Å². The lowest BCUT2D eigenvalue weighted by Gasteiger charge is -2.30. The summed E-state index contributed by atoms with van der Waals surface area (Å²) in [6.45, 7) is 6.68. The van der Waals surface area contributed by atoms with Crippen LogP contribution in [0.4, 0.5) is 5.82 Å². The van der Waals surface area contributed by atoms with Gasteiger partial charge in [-0.05, 0) is 20.8 Å². The van der Waals surface area contributed by atoms with Crippen LogP contribution in [0.15, 0.2) is 17.2 Å². The molecule has 1 saturated heterocycles. The number of carboxylic acid groups (broad SMARTS) is 1. The highest BCUT2D eigenvalue weighted by atomic mass is 16.5. The van der Waals surface area contributed by atoms with Crippen molar-refractivity contribution in [3.63, 3.8) is 0 Å². The van der Waals surface area contributed by atoms with Crippen molar-refractivity contribution in [2.45, 2.75) is 32.9 Å². The molecule has 7 nitrogen and oxygen atoms in total. The van der Waals surface area contributed by atoms with Crippen molar-refractivity contribution in [2.24, 2.45) is 5.92 Å². The van der Waals surface area contributed by atoms with Crippen LogP contribution >= 0.6 is 0 Å². The SMILES string of the molecule is CCN(c1nccn(C(C)C)c1=O)C1COCC1C(=O)O. The Bertz CT molecular complexity index is 570. The summed E-state index contributed by atoms with van der Waals surface area (Å²) in [6, 6.07) is -0.344. The number of aliphatic carboxylic acids is 1. The summed E-state index contributed by atoms with van der Waals surface area (Å²) < 4.78 is 6.89. The summed E-state index contributed by atoms with van der Waals surface area (Å²) >= 11 is 0. The van der Waals surface area contributed by atoms with Gasteiger partial charge in [0.1, 0.15) is 5.92 Å². The van der Waals surface area contributed by atoms with Crippen molar-refractivity contribution >= 4 is 11.8 Å².